The van der Waals surface area contributed by atoms with E-state index in [1.165, 1.54) is 6.07 Å². The average Bonchev–Trinajstić information content (AvgIpc) is 2.19. The van der Waals surface area contributed by atoms with Crippen LogP contribution in [0.3, 0.4) is 0 Å². The number of aliphatic hydroxyl groups excluding tert-OH is 2. The molecule has 0 radical (unpaired) electrons. The van der Waals surface area contributed by atoms with Gasteiger partial charge in [0.15, 0.2) is 0 Å². The van der Waals surface area contributed by atoms with Gasteiger partial charge in [-0.05, 0) is 30.0 Å². The van der Waals surface area contributed by atoms with Crippen LogP contribution >= 0.6 is 0 Å². The molecule has 0 amide bonds. The molecular formula is C10H15NO4S. The molecule has 0 unspecified atom stereocenters. The topological polar surface area (TPSA) is 101 Å². The fraction of sp³-hybridized carbons (Fsp3) is 0.400. The van der Waals surface area contributed by atoms with Gasteiger partial charge < -0.3 is 10.2 Å². The summed E-state index contributed by atoms with van der Waals surface area (Å²) in [7, 11) is -3.79. The second kappa shape index (κ2) is 5.40. The van der Waals surface area contributed by atoms with Crippen LogP contribution in [-0.2, 0) is 22.9 Å². The van der Waals surface area contributed by atoms with Crippen molar-refractivity contribution in [1.29, 1.82) is 0 Å². The molecule has 0 saturated carbocycles. The second-order valence-corrected chi connectivity index (χ2v) is 4.92. The smallest absolute Gasteiger partial charge is 0.238 e. The molecule has 0 atom stereocenters. The van der Waals surface area contributed by atoms with Crippen molar-refractivity contribution in [3.63, 3.8) is 0 Å². The van der Waals surface area contributed by atoms with Gasteiger partial charge in [0.05, 0.1) is 4.90 Å². The highest BCUT2D eigenvalue weighted by molar-refractivity contribution is 7.89. The molecule has 0 aliphatic carbocycles. The zero-order valence-corrected chi connectivity index (χ0v) is 9.57. The van der Waals surface area contributed by atoms with E-state index in [1.54, 1.807) is 12.1 Å². The molecule has 0 bridgehead atoms. The Balaban J connectivity index is 3.32. The number of hydrogen-bond acceptors (Lipinski definition) is 4. The molecule has 6 heteroatoms. The number of primary sulfonamides is 1. The lowest BCUT2D eigenvalue weighted by atomic mass is 10.0. The van der Waals surface area contributed by atoms with Gasteiger partial charge in [0.1, 0.15) is 0 Å². The van der Waals surface area contributed by atoms with Crippen LogP contribution < -0.4 is 5.14 Å². The highest BCUT2D eigenvalue weighted by Gasteiger charge is 2.16. The molecule has 5 nitrogen and oxygen atoms in total. The van der Waals surface area contributed by atoms with Gasteiger partial charge >= 0.3 is 0 Å². The van der Waals surface area contributed by atoms with Crippen LogP contribution in [0.4, 0.5) is 0 Å². The van der Waals surface area contributed by atoms with E-state index in [0.29, 0.717) is 17.5 Å². The first-order valence-electron chi connectivity index (χ1n) is 4.86. The third-order valence-corrected chi connectivity index (χ3v) is 3.28. The van der Waals surface area contributed by atoms with Gasteiger partial charge in [0.2, 0.25) is 10.0 Å². The summed E-state index contributed by atoms with van der Waals surface area (Å²) in [5.41, 5.74) is 1.18. The van der Waals surface area contributed by atoms with Gasteiger partial charge in [0, 0.05) is 13.2 Å². The fourth-order valence-corrected chi connectivity index (χ4v) is 2.47. The Morgan fingerprint density at radius 1 is 1.12 bits per heavy atom. The van der Waals surface area contributed by atoms with Crippen molar-refractivity contribution in [2.24, 2.45) is 5.14 Å². The summed E-state index contributed by atoms with van der Waals surface area (Å²) >= 11 is 0. The SMILES string of the molecule is NS(=O)(=O)c1cccc(CCO)c1CCO. The van der Waals surface area contributed by atoms with E-state index in [4.69, 9.17) is 15.4 Å². The molecule has 0 fully saturated rings. The van der Waals surface area contributed by atoms with Gasteiger partial charge in [-0.25, -0.2) is 13.6 Å². The van der Waals surface area contributed by atoms with E-state index in [9.17, 15) is 8.42 Å². The van der Waals surface area contributed by atoms with E-state index in [-0.39, 0.29) is 24.5 Å². The van der Waals surface area contributed by atoms with E-state index < -0.39 is 10.0 Å². The maximum absolute atomic E-state index is 11.3. The minimum absolute atomic E-state index is 0.0208. The summed E-state index contributed by atoms with van der Waals surface area (Å²) in [6.07, 6.45) is 0.556. The summed E-state index contributed by atoms with van der Waals surface area (Å²) in [5.74, 6) is 0. The molecule has 0 aliphatic rings. The summed E-state index contributed by atoms with van der Waals surface area (Å²) in [5, 5.41) is 22.8. The van der Waals surface area contributed by atoms with Crippen LogP contribution in [0, 0.1) is 0 Å². The van der Waals surface area contributed by atoms with E-state index in [2.05, 4.69) is 0 Å². The minimum Gasteiger partial charge on any atom is -0.396 e. The average molecular weight is 245 g/mol. The Kier molecular flexibility index (Phi) is 4.43. The predicted molar refractivity (Wildman–Crippen MR) is 59.4 cm³/mol. The van der Waals surface area contributed by atoms with Crippen molar-refractivity contribution in [3.8, 4) is 0 Å². The van der Waals surface area contributed by atoms with Crippen molar-refractivity contribution in [1.82, 2.24) is 0 Å². The van der Waals surface area contributed by atoms with Crippen LogP contribution in [0.15, 0.2) is 23.1 Å². The second-order valence-electron chi connectivity index (χ2n) is 3.39. The molecule has 0 spiro atoms. The first kappa shape index (κ1) is 13.1. The molecular weight excluding hydrogens is 230 g/mol. The maximum atomic E-state index is 11.3. The summed E-state index contributed by atoms with van der Waals surface area (Å²) in [4.78, 5) is 0.0208. The van der Waals surface area contributed by atoms with Crippen LogP contribution in [-0.4, -0.2) is 31.8 Å². The van der Waals surface area contributed by atoms with Gasteiger partial charge in [-0.2, -0.15) is 0 Å². The number of hydrogen-bond donors (Lipinski definition) is 3. The Morgan fingerprint density at radius 2 is 1.75 bits per heavy atom. The maximum Gasteiger partial charge on any atom is 0.238 e. The first-order chi connectivity index (χ1) is 7.50. The highest BCUT2D eigenvalue weighted by atomic mass is 32.2. The van der Waals surface area contributed by atoms with Crippen LogP contribution in [0.25, 0.3) is 0 Å². The molecule has 0 aliphatic heterocycles. The zero-order chi connectivity index (χ0) is 12.2. The molecule has 1 aromatic carbocycles. The predicted octanol–water partition coefficient (Wildman–Crippen LogP) is -0.596. The van der Waals surface area contributed by atoms with Crippen molar-refractivity contribution < 1.29 is 18.6 Å². The normalized spacial score (nSPS) is 11.7. The molecule has 0 saturated heterocycles. The number of benzene rings is 1. The Bertz CT molecular complexity index is 456. The molecule has 90 valence electrons. The summed E-state index contributed by atoms with van der Waals surface area (Å²) in [6, 6.07) is 4.70. The first-order valence-corrected chi connectivity index (χ1v) is 6.40. The molecule has 4 N–H and O–H groups in total. The van der Waals surface area contributed by atoms with E-state index >= 15 is 0 Å². The number of nitrogens with two attached hydrogens (primary N) is 1. The molecule has 1 rings (SSSR count). The zero-order valence-electron chi connectivity index (χ0n) is 8.76. The van der Waals surface area contributed by atoms with Crippen molar-refractivity contribution in [3.05, 3.63) is 29.3 Å². The molecule has 16 heavy (non-hydrogen) atoms. The van der Waals surface area contributed by atoms with Crippen molar-refractivity contribution in [2.45, 2.75) is 17.7 Å². The lowest BCUT2D eigenvalue weighted by Crippen LogP contribution is -2.16. The number of rotatable bonds is 5. The Hall–Kier alpha value is -0.950. The molecule has 0 heterocycles. The largest absolute Gasteiger partial charge is 0.396 e. The van der Waals surface area contributed by atoms with Gasteiger partial charge in [-0.3, -0.25) is 0 Å². The van der Waals surface area contributed by atoms with Crippen LogP contribution in [0.2, 0.25) is 0 Å². The van der Waals surface area contributed by atoms with E-state index in [1.807, 2.05) is 0 Å². The molecule has 0 aromatic heterocycles. The van der Waals surface area contributed by atoms with Crippen LogP contribution in [0.1, 0.15) is 11.1 Å². The van der Waals surface area contributed by atoms with Crippen molar-refractivity contribution in [2.75, 3.05) is 13.2 Å². The van der Waals surface area contributed by atoms with Gasteiger partial charge in [-0.15, -0.1) is 0 Å². The lowest BCUT2D eigenvalue weighted by Gasteiger charge is -2.11. The quantitative estimate of drug-likeness (QED) is 0.645. The summed E-state index contributed by atoms with van der Waals surface area (Å²) < 4.78 is 22.6. The number of aliphatic hydroxyl groups is 2. The Labute approximate surface area is 94.6 Å². The highest BCUT2D eigenvalue weighted by Crippen LogP contribution is 2.19. The third kappa shape index (κ3) is 3.02. The summed E-state index contributed by atoms with van der Waals surface area (Å²) in [6.45, 7) is -0.239. The number of sulfonamides is 1. The van der Waals surface area contributed by atoms with Crippen LogP contribution in [0.5, 0.6) is 0 Å². The van der Waals surface area contributed by atoms with Gasteiger partial charge in [0.25, 0.3) is 0 Å². The fourth-order valence-electron chi connectivity index (χ4n) is 1.63. The lowest BCUT2D eigenvalue weighted by molar-refractivity contribution is 0.292. The Morgan fingerprint density at radius 3 is 2.25 bits per heavy atom. The monoisotopic (exact) mass is 245 g/mol. The molecule has 1 aromatic rings. The van der Waals surface area contributed by atoms with Crippen molar-refractivity contribution >= 4 is 10.0 Å². The van der Waals surface area contributed by atoms with Gasteiger partial charge in [-0.1, -0.05) is 12.1 Å². The van der Waals surface area contributed by atoms with E-state index in [0.717, 1.165) is 0 Å². The third-order valence-electron chi connectivity index (χ3n) is 2.28. The minimum atomic E-state index is -3.79. The standard InChI is InChI=1S/C10H15NO4S/c11-16(14,15)10-3-1-2-8(4-6-12)9(10)5-7-13/h1-3,12-13H,4-7H2,(H2,11,14,15).